The summed E-state index contributed by atoms with van der Waals surface area (Å²) < 4.78 is 18.3. The molecule has 10 heteroatoms. The Labute approximate surface area is 166 Å². The highest BCUT2D eigenvalue weighted by molar-refractivity contribution is 8.23. The van der Waals surface area contributed by atoms with E-state index < -0.39 is 30.2 Å². The summed E-state index contributed by atoms with van der Waals surface area (Å²) in [7, 11) is 0. The van der Waals surface area contributed by atoms with Gasteiger partial charge in [0.2, 0.25) is 5.91 Å². The minimum atomic E-state index is -0.593. The third-order valence-corrected chi connectivity index (χ3v) is 5.11. The fraction of sp³-hybridized carbons (Fsp3) is 0.412. The monoisotopic (exact) mass is 413 g/mol. The molecule has 0 bridgehead atoms. The first-order chi connectivity index (χ1) is 12.9. The zero-order valence-corrected chi connectivity index (χ0v) is 16.2. The first-order valence-electron chi connectivity index (χ1n) is 8.33. The molecular weight excluding hydrogens is 393 g/mol. The molecule has 1 aromatic rings. The van der Waals surface area contributed by atoms with E-state index in [0.29, 0.717) is 10.0 Å². The maximum absolute atomic E-state index is 12.8. The molecule has 1 aliphatic rings. The van der Waals surface area contributed by atoms with E-state index in [4.69, 9.17) is 17.0 Å². The number of hydrogen-bond donors (Lipinski definition) is 2. The van der Waals surface area contributed by atoms with Gasteiger partial charge in [-0.2, -0.15) is 0 Å². The molecule has 0 saturated carbocycles. The molecule has 7 nitrogen and oxygen atoms in total. The average Bonchev–Trinajstić information content (AvgIpc) is 3.19. The number of likely N-dealkylation sites (tertiary alicyclic amines) is 1. The minimum absolute atomic E-state index is 0.0354. The Hall–Kier alpha value is -2.20. The topological polar surface area (TPSA) is 87.7 Å². The second-order valence-electron chi connectivity index (χ2n) is 5.74. The second-order valence-corrected chi connectivity index (χ2v) is 7.35. The molecule has 2 rings (SSSR count). The Bertz CT molecular complexity index is 694. The molecule has 0 aliphatic carbocycles. The highest BCUT2D eigenvalue weighted by Gasteiger charge is 2.17. The van der Waals surface area contributed by atoms with Gasteiger partial charge in [0.25, 0.3) is 5.91 Å². The molecule has 0 atom stereocenters. The van der Waals surface area contributed by atoms with Crippen molar-refractivity contribution in [1.82, 2.24) is 10.2 Å². The zero-order valence-electron chi connectivity index (χ0n) is 14.5. The second kappa shape index (κ2) is 10.8. The molecule has 146 valence electrons. The van der Waals surface area contributed by atoms with Crippen molar-refractivity contribution in [2.24, 2.45) is 0 Å². The molecule has 0 radical (unpaired) electrons. The molecule has 2 N–H and O–H groups in total. The van der Waals surface area contributed by atoms with Gasteiger partial charge in [-0.25, -0.2) is 4.39 Å². The number of carbonyl (C=O) groups excluding carboxylic acids is 3. The van der Waals surface area contributed by atoms with Crippen LogP contribution in [0.25, 0.3) is 0 Å². The van der Waals surface area contributed by atoms with E-state index in [1.165, 1.54) is 36.0 Å². The number of anilines is 1. The number of esters is 1. The van der Waals surface area contributed by atoms with Gasteiger partial charge < -0.3 is 20.3 Å². The number of amides is 2. The molecule has 1 aromatic carbocycles. The highest BCUT2D eigenvalue weighted by Crippen LogP contribution is 2.16. The van der Waals surface area contributed by atoms with E-state index >= 15 is 0 Å². The fourth-order valence-corrected chi connectivity index (χ4v) is 3.32. The normalized spacial score (nSPS) is 13.1. The van der Waals surface area contributed by atoms with Crippen LogP contribution in [0, 0.1) is 5.82 Å². The van der Waals surface area contributed by atoms with Gasteiger partial charge in [0.1, 0.15) is 10.1 Å². The predicted octanol–water partition coefficient (Wildman–Crippen LogP) is 1.54. The van der Waals surface area contributed by atoms with Crippen LogP contribution in [0.2, 0.25) is 0 Å². The van der Waals surface area contributed by atoms with Crippen LogP contribution in [-0.2, 0) is 19.1 Å². The number of ether oxygens (including phenoxy) is 1. The minimum Gasteiger partial charge on any atom is -0.455 e. The third kappa shape index (κ3) is 7.92. The zero-order chi connectivity index (χ0) is 19.6. The number of nitrogens with one attached hydrogen (secondary N) is 2. The van der Waals surface area contributed by atoms with Crippen molar-refractivity contribution in [3.8, 4) is 0 Å². The summed E-state index contributed by atoms with van der Waals surface area (Å²) in [6.45, 7) is 1.05. The van der Waals surface area contributed by atoms with Crippen molar-refractivity contribution in [3.63, 3.8) is 0 Å². The van der Waals surface area contributed by atoms with Crippen LogP contribution in [0.5, 0.6) is 0 Å². The van der Waals surface area contributed by atoms with Crippen molar-refractivity contribution in [1.29, 1.82) is 0 Å². The van der Waals surface area contributed by atoms with Crippen molar-refractivity contribution in [3.05, 3.63) is 30.1 Å². The van der Waals surface area contributed by atoms with Gasteiger partial charge in [-0.05, 0) is 37.1 Å². The predicted molar refractivity (Wildman–Crippen MR) is 105 cm³/mol. The van der Waals surface area contributed by atoms with E-state index in [0.717, 1.165) is 25.9 Å². The van der Waals surface area contributed by atoms with E-state index in [1.54, 1.807) is 0 Å². The molecular formula is C17H20FN3O4S2. The van der Waals surface area contributed by atoms with Gasteiger partial charge in [0.15, 0.2) is 6.61 Å². The quantitative estimate of drug-likeness (QED) is 0.518. The van der Waals surface area contributed by atoms with E-state index in [1.807, 2.05) is 4.90 Å². The van der Waals surface area contributed by atoms with Crippen molar-refractivity contribution in [2.75, 3.05) is 37.3 Å². The molecule has 0 aromatic heterocycles. The van der Waals surface area contributed by atoms with Gasteiger partial charge >= 0.3 is 5.97 Å². The summed E-state index contributed by atoms with van der Waals surface area (Å²) in [4.78, 5) is 37.0. The van der Waals surface area contributed by atoms with Gasteiger partial charge in [0, 0.05) is 18.8 Å². The van der Waals surface area contributed by atoms with Crippen LogP contribution in [0.4, 0.5) is 10.1 Å². The number of hydrogen-bond acceptors (Lipinski definition) is 6. The number of carbonyl (C=O) groups is 3. The summed E-state index contributed by atoms with van der Waals surface area (Å²) >= 11 is 6.45. The summed E-state index contributed by atoms with van der Waals surface area (Å²) in [6, 6.07) is 5.23. The van der Waals surface area contributed by atoms with Gasteiger partial charge in [-0.3, -0.25) is 14.4 Å². The lowest BCUT2D eigenvalue weighted by molar-refractivity contribution is -0.146. The Morgan fingerprint density at radius 1 is 1.15 bits per heavy atom. The maximum Gasteiger partial charge on any atom is 0.316 e. The average molecular weight is 413 g/mol. The van der Waals surface area contributed by atoms with E-state index in [-0.39, 0.29) is 12.3 Å². The molecule has 2 amide bonds. The van der Waals surface area contributed by atoms with Crippen LogP contribution >= 0.6 is 24.0 Å². The molecule has 0 unspecified atom stereocenters. The van der Waals surface area contributed by atoms with Crippen LogP contribution in [0.1, 0.15) is 12.8 Å². The van der Waals surface area contributed by atoms with Crippen molar-refractivity contribution < 1.29 is 23.5 Å². The number of rotatable bonds is 7. The molecule has 0 spiro atoms. The first kappa shape index (κ1) is 21.1. The van der Waals surface area contributed by atoms with Crippen LogP contribution in [0.3, 0.4) is 0 Å². The van der Waals surface area contributed by atoms with Gasteiger partial charge in [-0.1, -0.05) is 24.0 Å². The summed E-state index contributed by atoms with van der Waals surface area (Å²) in [5.74, 6) is -2.00. The van der Waals surface area contributed by atoms with Crippen LogP contribution in [-0.4, -0.2) is 59.0 Å². The standard InChI is InChI=1S/C17H20FN3O4S2/c18-12-3-5-13(6-4-12)20-14(22)9-19-15(23)10-25-16(24)11-27-17(26)21-7-1-2-8-21/h3-6H,1-2,7-11H2,(H,19,23)(H,20,22). The molecule has 1 aliphatic heterocycles. The lowest BCUT2D eigenvalue weighted by atomic mass is 10.3. The van der Waals surface area contributed by atoms with Gasteiger partial charge in [-0.15, -0.1) is 0 Å². The molecule has 27 heavy (non-hydrogen) atoms. The van der Waals surface area contributed by atoms with Crippen molar-refractivity contribution in [2.45, 2.75) is 12.8 Å². The van der Waals surface area contributed by atoms with E-state index in [9.17, 15) is 18.8 Å². The Morgan fingerprint density at radius 3 is 2.48 bits per heavy atom. The molecule has 1 fully saturated rings. The highest BCUT2D eigenvalue weighted by atomic mass is 32.2. The first-order valence-corrected chi connectivity index (χ1v) is 9.73. The van der Waals surface area contributed by atoms with Crippen molar-refractivity contribution >= 4 is 51.8 Å². The molecule has 1 saturated heterocycles. The number of thioether (sulfide) groups is 1. The summed E-state index contributed by atoms with van der Waals surface area (Å²) in [6.07, 6.45) is 2.19. The fourth-order valence-electron chi connectivity index (χ4n) is 2.27. The number of benzene rings is 1. The van der Waals surface area contributed by atoms with Crippen LogP contribution < -0.4 is 10.6 Å². The maximum atomic E-state index is 12.8. The van der Waals surface area contributed by atoms with E-state index in [2.05, 4.69) is 10.6 Å². The lowest BCUT2D eigenvalue weighted by Gasteiger charge is -2.17. The summed E-state index contributed by atoms with van der Waals surface area (Å²) in [5, 5.41) is 4.83. The Kier molecular flexibility index (Phi) is 8.46. The third-order valence-electron chi connectivity index (χ3n) is 3.62. The number of nitrogens with zero attached hydrogens (tertiary/aromatic N) is 1. The van der Waals surface area contributed by atoms with Crippen LogP contribution in [0.15, 0.2) is 24.3 Å². The van der Waals surface area contributed by atoms with Gasteiger partial charge in [0.05, 0.1) is 12.3 Å². The Balaban J connectivity index is 1.58. The number of halogens is 1. The Morgan fingerprint density at radius 2 is 1.81 bits per heavy atom. The lowest BCUT2D eigenvalue weighted by Crippen LogP contribution is -2.35. The SMILES string of the molecule is O=C(COC(=O)CSC(=S)N1CCCC1)NCC(=O)Nc1ccc(F)cc1. The largest absolute Gasteiger partial charge is 0.455 e. The summed E-state index contributed by atoms with van der Waals surface area (Å²) in [5.41, 5.74) is 0.410. The smallest absolute Gasteiger partial charge is 0.316 e. The number of thiocarbonyl (C=S) groups is 1. The molecule has 1 heterocycles.